The largest absolute Gasteiger partial charge is 0.487 e. The monoisotopic (exact) mass is 510 g/mol. The number of para-hydroxylation sites is 1. The predicted molar refractivity (Wildman–Crippen MR) is 155 cm³/mol. The van der Waals surface area contributed by atoms with Crippen LogP contribution in [0.15, 0.2) is 54.6 Å². The number of carbonyl (C=O) groups is 1. The lowest BCUT2D eigenvalue weighted by molar-refractivity contribution is -0.904. The van der Waals surface area contributed by atoms with Crippen LogP contribution >= 0.6 is 0 Å². The van der Waals surface area contributed by atoms with Crippen LogP contribution in [0.2, 0.25) is 0 Å². The van der Waals surface area contributed by atoms with Gasteiger partial charge in [0, 0.05) is 12.0 Å². The Morgan fingerprint density at radius 1 is 0.865 bits per heavy atom. The van der Waals surface area contributed by atoms with E-state index in [0.717, 1.165) is 42.6 Å². The maximum absolute atomic E-state index is 12.7. The number of rotatable bonds is 19. The van der Waals surface area contributed by atoms with Crippen molar-refractivity contribution in [2.75, 3.05) is 27.2 Å². The minimum Gasteiger partial charge on any atom is -0.487 e. The van der Waals surface area contributed by atoms with Crippen molar-refractivity contribution in [3.8, 4) is 5.75 Å². The molecule has 0 fully saturated rings. The van der Waals surface area contributed by atoms with E-state index in [1.54, 1.807) is 0 Å². The van der Waals surface area contributed by atoms with Crippen molar-refractivity contribution in [1.82, 2.24) is 0 Å². The summed E-state index contributed by atoms with van der Waals surface area (Å²) in [6.07, 6.45) is 11.6. The SMILES string of the molecule is CCCCCCCCCc1ccccc1OC(CC)COC(=O)C(C)CC[N+](C)(C)Cc1ccccc1. The van der Waals surface area contributed by atoms with E-state index in [-0.39, 0.29) is 18.0 Å². The predicted octanol–water partition coefficient (Wildman–Crippen LogP) is 7.98. The standard InChI is InChI=1S/C33H52NO3/c1-6-8-9-10-11-12-16-21-30-22-17-18-23-32(30)37-31(7-2)27-36-33(35)28(3)24-25-34(4,5)26-29-19-14-13-15-20-29/h13-15,17-20,22-23,28,31H,6-12,16,21,24-27H2,1-5H3/q+1. The number of nitrogens with zero attached hydrogens (tertiary/aromatic N) is 1. The summed E-state index contributed by atoms with van der Waals surface area (Å²) in [5.74, 6) is 0.679. The van der Waals surface area contributed by atoms with Crippen LogP contribution in [0.25, 0.3) is 0 Å². The highest BCUT2D eigenvalue weighted by molar-refractivity contribution is 5.71. The average Bonchev–Trinajstić information content (AvgIpc) is 2.90. The van der Waals surface area contributed by atoms with E-state index in [0.29, 0.717) is 6.61 Å². The molecule has 0 bridgehead atoms. The number of hydrogen-bond donors (Lipinski definition) is 0. The van der Waals surface area contributed by atoms with Gasteiger partial charge in [0.05, 0.1) is 26.6 Å². The molecule has 2 rings (SSSR count). The van der Waals surface area contributed by atoms with Crippen molar-refractivity contribution < 1.29 is 18.8 Å². The minimum atomic E-state index is -0.129. The Bertz CT molecular complexity index is 880. The van der Waals surface area contributed by atoms with Crippen LogP contribution in [0.5, 0.6) is 5.75 Å². The van der Waals surface area contributed by atoms with E-state index >= 15 is 0 Å². The molecule has 37 heavy (non-hydrogen) atoms. The number of ether oxygens (including phenoxy) is 2. The summed E-state index contributed by atoms with van der Waals surface area (Å²) in [5.41, 5.74) is 2.57. The summed E-state index contributed by atoms with van der Waals surface area (Å²) in [7, 11) is 4.44. The Morgan fingerprint density at radius 3 is 2.22 bits per heavy atom. The fourth-order valence-electron chi connectivity index (χ4n) is 4.65. The van der Waals surface area contributed by atoms with Crippen LogP contribution < -0.4 is 4.74 Å². The number of unbranched alkanes of at least 4 members (excludes halogenated alkanes) is 6. The van der Waals surface area contributed by atoms with E-state index in [2.05, 4.69) is 70.4 Å². The molecule has 206 valence electrons. The van der Waals surface area contributed by atoms with Gasteiger partial charge in [-0.05, 0) is 30.9 Å². The van der Waals surface area contributed by atoms with Gasteiger partial charge in [0.1, 0.15) is 25.0 Å². The Hall–Kier alpha value is -2.33. The second kappa shape index (κ2) is 17.2. The molecule has 0 saturated heterocycles. The van der Waals surface area contributed by atoms with Gasteiger partial charge < -0.3 is 14.0 Å². The fraction of sp³-hybridized carbons (Fsp3) is 0.606. The Balaban J connectivity index is 1.76. The molecule has 0 spiro atoms. The Morgan fingerprint density at radius 2 is 1.51 bits per heavy atom. The van der Waals surface area contributed by atoms with E-state index in [4.69, 9.17) is 9.47 Å². The number of carbonyl (C=O) groups excluding carboxylic acids is 1. The third kappa shape index (κ3) is 12.6. The lowest BCUT2D eigenvalue weighted by Crippen LogP contribution is -2.40. The molecule has 2 aromatic rings. The first-order valence-electron chi connectivity index (χ1n) is 14.6. The summed E-state index contributed by atoms with van der Waals surface area (Å²) in [6.45, 7) is 8.50. The third-order valence-corrected chi connectivity index (χ3v) is 7.21. The van der Waals surface area contributed by atoms with E-state index in [1.807, 2.05) is 19.1 Å². The molecule has 0 N–H and O–H groups in total. The molecule has 0 heterocycles. The van der Waals surface area contributed by atoms with Crippen LogP contribution in [0, 0.1) is 5.92 Å². The smallest absolute Gasteiger partial charge is 0.309 e. The van der Waals surface area contributed by atoms with E-state index in [1.165, 1.54) is 56.1 Å². The van der Waals surface area contributed by atoms with Crippen molar-refractivity contribution >= 4 is 5.97 Å². The highest BCUT2D eigenvalue weighted by Gasteiger charge is 2.23. The molecule has 2 unspecified atom stereocenters. The average molecular weight is 511 g/mol. The van der Waals surface area contributed by atoms with Crippen LogP contribution in [0.4, 0.5) is 0 Å². The second-order valence-electron chi connectivity index (χ2n) is 11.2. The third-order valence-electron chi connectivity index (χ3n) is 7.21. The zero-order valence-corrected chi connectivity index (χ0v) is 24.2. The van der Waals surface area contributed by atoms with E-state index < -0.39 is 0 Å². The van der Waals surface area contributed by atoms with Gasteiger partial charge in [-0.1, -0.05) is 108 Å². The van der Waals surface area contributed by atoms with Gasteiger partial charge in [-0.15, -0.1) is 0 Å². The van der Waals surface area contributed by atoms with E-state index in [9.17, 15) is 4.79 Å². The highest BCUT2D eigenvalue weighted by atomic mass is 16.6. The summed E-state index contributed by atoms with van der Waals surface area (Å²) >= 11 is 0. The van der Waals surface area contributed by atoms with Crippen molar-refractivity contribution in [1.29, 1.82) is 0 Å². The maximum atomic E-state index is 12.7. The maximum Gasteiger partial charge on any atom is 0.309 e. The first kappa shape index (κ1) is 30.9. The number of aryl methyl sites for hydroxylation is 1. The minimum absolute atomic E-state index is 0.127. The Labute approximate surface area is 227 Å². The number of esters is 1. The number of benzene rings is 2. The number of quaternary nitrogens is 1. The van der Waals surface area contributed by atoms with Crippen LogP contribution in [0.1, 0.15) is 89.7 Å². The first-order valence-corrected chi connectivity index (χ1v) is 14.6. The van der Waals surface area contributed by atoms with Gasteiger partial charge in [-0.2, -0.15) is 0 Å². The van der Waals surface area contributed by atoms with Gasteiger partial charge >= 0.3 is 5.97 Å². The van der Waals surface area contributed by atoms with Crippen molar-refractivity contribution in [3.05, 3.63) is 65.7 Å². The second-order valence-corrected chi connectivity index (χ2v) is 11.2. The van der Waals surface area contributed by atoms with Crippen LogP contribution in [0.3, 0.4) is 0 Å². The van der Waals surface area contributed by atoms with Gasteiger partial charge in [-0.25, -0.2) is 0 Å². The molecule has 0 aliphatic heterocycles. The number of hydrogen-bond acceptors (Lipinski definition) is 3. The van der Waals surface area contributed by atoms with Crippen molar-refractivity contribution in [2.45, 2.75) is 97.6 Å². The summed E-state index contributed by atoms with van der Waals surface area (Å²) in [5, 5.41) is 0. The first-order chi connectivity index (χ1) is 17.8. The molecule has 2 atom stereocenters. The summed E-state index contributed by atoms with van der Waals surface area (Å²) in [4.78, 5) is 12.7. The lowest BCUT2D eigenvalue weighted by Gasteiger charge is -2.30. The normalized spacial score (nSPS) is 13.2. The van der Waals surface area contributed by atoms with Crippen molar-refractivity contribution in [3.63, 3.8) is 0 Å². The Kier molecular flexibility index (Phi) is 14.4. The van der Waals surface area contributed by atoms with Crippen LogP contribution in [-0.2, 0) is 22.5 Å². The van der Waals surface area contributed by atoms with Gasteiger partial charge in [0.25, 0.3) is 0 Å². The molecular weight excluding hydrogens is 458 g/mol. The molecule has 4 heteroatoms. The van der Waals surface area contributed by atoms with Gasteiger partial charge in [-0.3, -0.25) is 4.79 Å². The highest BCUT2D eigenvalue weighted by Crippen LogP contribution is 2.23. The lowest BCUT2D eigenvalue weighted by atomic mass is 10.0. The molecule has 4 nitrogen and oxygen atoms in total. The molecule has 0 aliphatic rings. The molecule has 0 radical (unpaired) electrons. The molecule has 0 aromatic heterocycles. The summed E-state index contributed by atoms with van der Waals surface area (Å²) < 4.78 is 12.9. The zero-order valence-electron chi connectivity index (χ0n) is 24.2. The topological polar surface area (TPSA) is 35.5 Å². The molecule has 0 amide bonds. The molecular formula is C33H52NO3+. The van der Waals surface area contributed by atoms with Gasteiger partial charge in [0.15, 0.2) is 0 Å². The van der Waals surface area contributed by atoms with Crippen LogP contribution in [-0.4, -0.2) is 43.8 Å². The van der Waals surface area contributed by atoms with Gasteiger partial charge in [0.2, 0.25) is 0 Å². The molecule has 2 aromatic carbocycles. The zero-order chi connectivity index (χ0) is 26.9. The fourth-order valence-corrected chi connectivity index (χ4v) is 4.65. The molecule has 0 aliphatic carbocycles. The molecule has 0 saturated carbocycles. The van der Waals surface area contributed by atoms with Crippen molar-refractivity contribution in [2.24, 2.45) is 5.92 Å². The quantitative estimate of drug-likeness (QED) is 0.109. The summed E-state index contributed by atoms with van der Waals surface area (Å²) in [6, 6.07) is 18.9.